The molecule has 0 amide bonds. The summed E-state index contributed by atoms with van der Waals surface area (Å²) < 4.78 is 5.54. The fourth-order valence-corrected chi connectivity index (χ4v) is 4.79. The summed E-state index contributed by atoms with van der Waals surface area (Å²) in [7, 11) is 0. The summed E-state index contributed by atoms with van der Waals surface area (Å²) in [5.41, 5.74) is 6.37. The molecule has 2 N–H and O–H groups in total. The van der Waals surface area contributed by atoms with Crippen molar-refractivity contribution in [1.29, 1.82) is 0 Å². The first-order valence-electron chi connectivity index (χ1n) is 10.2. The van der Waals surface area contributed by atoms with Crippen LogP contribution < -0.4 is 10.6 Å². The molecule has 2 saturated heterocycles. The molecule has 0 radical (unpaired) electrons. The number of hydrogen-bond acceptors (Lipinski definition) is 6. The van der Waals surface area contributed by atoms with Crippen molar-refractivity contribution in [2.24, 2.45) is 16.6 Å². The Morgan fingerprint density at radius 1 is 1.18 bits per heavy atom. The van der Waals surface area contributed by atoms with E-state index in [-0.39, 0.29) is 24.0 Å². The molecule has 9 heteroatoms. The second kappa shape index (κ2) is 12.1. The van der Waals surface area contributed by atoms with Crippen LogP contribution in [-0.4, -0.2) is 85.8 Å². The number of thiazole rings is 1. The van der Waals surface area contributed by atoms with E-state index in [0.29, 0.717) is 17.9 Å². The van der Waals surface area contributed by atoms with Crippen molar-refractivity contribution >= 4 is 46.4 Å². The van der Waals surface area contributed by atoms with Gasteiger partial charge in [-0.2, -0.15) is 0 Å². The maximum Gasteiger partial charge on any atom is 0.191 e. The Kier molecular flexibility index (Phi) is 10.2. The number of aliphatic imine (C=N–C) groups is 1. The average Bonchev–Trinajstić information content (AvgIpc) is 3.26. The van der Waals surface area contributed by atoms with Crippen LogP contribution in [0.25, 0.3) is 0 Å². The van der Waals surface area contributed by atoms with Gasteiger partial charge in [0, 0.05) is 56.9 Å². The van der Waals surface area contributed by atoms with Crippen molar-refractivity contribution in [3.63, 3.8) is 0 Å². The Labute approximate surface area is 190 Å². The molecule has 1 aromatic rings. The SMILES string of the molecule is CCC(CC)C(CN=C(N)N1CCN(c2nccs2)CC1)N1CCOCC1.I. The van der Waals surface area contributed by atoms with Gasteiger partial charge in [0.2, 0.25) is 0 Å². The summed E-state index contributed by atoms with van der Waals surface area (Å²) in [6.07, 6.45) is 4.23. The van der Waals surface area contributed by atoms with Crippen LogP contribution in [0.3, 0.4) is 0 Å². The van der Waals surface area contributed by atoms with Crippen LogP contribution in [0.4, 0.5) is 5.13 Å². The van der Waals surface area contributed by atoms with Crippen LogP contribution in [0.2, 0.25) is 0 Å². The second-order valence-corrected chi connectivity index (χ2v) is 8.15. The largest absolute Gasteiger partial charge is 0.379 e. The summed E-state index contributed by atoms with van der Waals surface area (Å²) >= 11 is 1.70. The Morgan fingerprint density at radius 2 is 1.86 bits per heavy atom. The van der Waals surface area contributed by atoms with Gasteiger partial charge in [-0.3, -0.25) is 9.89 Å². The number of anilines is 1. The summed E-state index contributed by atoms with van der Waals surface area (Å²) in [6, 6.07) is 0.457. The number of rotatable bonds is 7. The molecule has 2 aliphatic rings. The first-order chi connectivity index (χ1) is 13.2. The maximum absolute atomic E-state index is 6.37. The third-order valence-electron chi connectivity index (χ3n) is 5.84. The number of nitrogens with two attached hydrogens (primary N) is 1. The predicted octanol–water partition coefficient (Wildman–Crippen LogP) is 2.33. The zero-order chi connectivity index (χ0) is 19.1. The van der Waals surface area contributed by atoms with E-state index in [4.69, 9.17) is 15.5 Å². The summed E-state index contributed by atoms with van der Waals surface area (Å²) in [6.45, 7) is 12.7. The van der Waals surface area contributed by atoms with Crippen LogP contribution in [0, 0.1) is 5.92 Å². The van der Waals surface area contributed by atoms with E-state index in [2.05, 4.69) is 33.5 Å². The van der Waals surface area contributed by atoms with Crippen molar-refractivity contribution in [1.82, 2.24) is 14.8 Å². The highest BCUT2D eigenvalue weighted by atomic mass is 127. The smallest absolute Gasteiger partial charge is 0.191 e. The van der Waals surface area contributed by atoms with Crippen LogP contribution in [0.15, 0.2) is 16.6 Å². The quantitative estimate of drug-likeness (QED) is 0.337. The van der Waals surface area contributed by atoms with Crippen molar-refractivity contribution in [2.75, 3.05) is 63.9 Å². The second-order valence-electron chi connectivity index (χ2n) is 7.28. The number of ether oxygens (including phenoxy) is 1. The van der Waals surface area contributed by atoms with Crippen LogP contribution in [0.5, 0.6) is 0 Å². The van der Waals surface area contributed by atoms with Crippen molar-refractivity contribution in [3.8, 4) is 0 Å². The molecule has 1 aromatic heterocycles. The van der Waals surface area contributed by atoms with E-state index in [9.17, 15) is 0 Å². The lowest BCUT2D eigenvalue weighted by atomic mass is 9.92. The number of nitrogens with zero attached hydrogens (tertiary/aromatic N) is 5. The number of halogens is 1. The van der Waals surface area contributed by atoms with E-state index in [1.165, 1.54) is 12.8 Å². The fraction of sp³-hybridized carbons (Fsp3) is 0.789. The molecular weight excluding hydrogens is 487 g/mol. The maximum atomic E-state index is 6.37. The molecule has 0 saturated carbocycles. The highest BCUT2D eigenvalue weighted by molar-refractivity contribution is 14.0. The van der Waals surface area contributed by atoms with Crippen molar-refractivity contribution in [3.05, 3.63) is 11.6 Å². The molecular formula is C19H35IN6OS. The van der Waals surface area contributed by atoms with E-state index in [1.807, 2.05) is 11.6 Å². The van der Waals surface area contributed by atoms with Gasteiger partial charge in [0.15, 0.2) is 11.1 Å². The minimum Gasteiger partial charge on any atom is -0.379 e. The van der Waals surface area contributed by atoms with Crippen molar-refractivity contribution < 1.29 is 4.74 Å². The molecule has 7 nitrogen and oxygen atoms in total. The number of aromatic nitrogens is 1. The van der Waals surface area contributed by atoms with Gasteiger partial charge >= 0.3 is 0 Å². The molecule has 28 heavy (non-hydrogen) atoms. The van der Waals surface area contributed by atoms with Crippen LogP contribution >= 0.6 is 35.3 Å². The molecule has 2 fully saturated rings. The van der Waals surface area contributed by atoms with Gasteiger partial charge in [0.25, 0.3) is 0 Å². The molecule has 0 bridgehead atoms. The highest BCUT2D eigenvalue weighted by Gasteiger charge is 2.27. The summed E-state index contributed by atoms with van der Waals surface area (Å²) in [4.78, 5) is 16.3. The Balaban J connectivity index is 0.00000280. The van der Waals surface area contributed by atoms with Gasteiger partial charge < -0.3 is 20.3 Å². The standard InChI is InChI=1S/C19H34N6OS.HI/c1-3-16(4-2)17(23-10-12-26-13-11-23)15-22-18(20)24-6-8-25(9-7-24)19-21-5-14-27-19;/h5,14,16-17H,3-4,6-13,15H2,1-2H3,(H2,20,22);1H. The lowest BCUT2D eigenvalue weighted by molar-refractivity contribution is 0.00392. The zero-order valence-corrected chi connectivity index (χ0v) is 20.3. The molecule has 0 aromatic carbocycles. The lowest BCUT2D eigenvalue weighted by Gasteiger charge is -2.38. The molecule has 3 heterocycles. The van der Waals surface area contributed by atoms with Crippen molar-refractivity contribution in [2.45, 2.75) is 32.7 Å². The van der Waals surface area contributed by atoms with Gasteiger partial charge in [-0.15, -0.1) is 35.3 Å². The molecule has 2 aliphatic heterocycles. The van der Waals surface area contributed by atoms with Gasteiger partial charge in [-0.05, 0) is 5.92 Å². The normalized spacial score (nSPS) is 20.3. The Bertz CT molecular complexity index is 569. The van der Waals surface area contributed by atoms with Crippen LogP contribution in [0.1, 0.15) is 26.7 Å². The van der Waals surface area contributed by atoms with Gasteiger partial charge in [-0.25, -0.2) is 4.98 Å². The third kappa shape index (κ3) is 6.17. The molecule has 160 valence electrons. The fourth-order valence-electron chi connectivity index (χ4n) is 4.09. The molecule has 1 unspecified atom stereocenters. The summed E-state index contributed by atoms with van der Waals surface area (Å²) in [5, 5.41) is 3.13. The number of piperazine rings is 1. The van der Waals surface area contributed by atoms with Gasteiger partial charge in [0.05, 0.1) is 19.8 Å². The first kappa shape index (κ1) is 23.6. The highest BCUT2D eigenvalue weighted by Crippen LogP contribution is 2.21. The third-order valence-corrected chi connectivity index (χ3v) is 6.67. The lowest BCUT2D eigenvalue weighted by Crippen LogP contribution is -2.52. The average molecular weight is 523 g/mol. The minimum atomic E-state index is 0. The Hall–Kier alpha value is -0.650. The number of hydrogen-bond donors (Lipinski definition) is 1. The number of guanidine groups is 1. The topological polar surface area (TPSA) is 70.2 Å². The number of morpholine rings is 1. The van der Waals surface area contributed by atoms with E-state index < -0.39 is 0 Å². The monoisotopic (exact) mass is 522 g/mol. The van der Waals surface area contributed by atoms with E-state index >= 15 is 0 Å². The van der Waals surface area contributed by atoms with Gasteiger partial charge in [0.1, 0.15) is 0 Å². The predicted molar refractivity (Wildman–Crippen MR) is 128 cm³/mol. The van der Waals surface area contributed by atoms with Crippen LogP contribution in [-0.2, 0) is 4.74 Å². The minimum absolute atomic E-state index is 0. The van der Waals surface area contributed by atoms with E-state index in [0.717, 1.165) is 64.2 Å². The summed E-state index contributed by atoms with van der Waals surface area (Å²) in [5.74, 6) is 1.35. The molecule has 3 rings (SSSR count). The molecule has 0 aliphatic carbocycles. The molecule has 1 atom stereocenters. The Morgan fingerprint density at radius 3 is 2.43 bits per heavy atom. The van der Waals surface area contributed by atoms with Gasteiger partial charge in [-0.1, -0.05) is 26.7 Å². The zero-order valence-electron chi connectivity index (χ0n) is 17.1. The molecule has 0 spiro atoms. The van der Waals surface area contributed by atoms with E-state index in [1.54, 1.807) is 11.3 Å². The first-order valence-corrected chi connectivity index (χ1v) is 11.1.